The van der Waals surface area contributed by atoms with Gasteiger partial charge in [-0.3, -0.25) is 4.79 Å². The van der Waals surface area contributed by atoms with Crippen molar-refractivity contribution in [3.8, 4) is 5.75 Å². The molecule has 1 aromatic carbocycles. The zero-order valence-electron chi connectivity index (χ0n) is 7.53. The van der Waals surface area contributed by atoms with Crippen LogP contribution in [0.3, 0.4) is 0 Å². The number of allylic oxidation sites excluding steroid dienone is 1. The van der Waals surface area contributed by atoms with Gasteiger partial charge in [-0.05, 0) is 18.2 Å². The third kappa shape index (κ3) is 2.75. The topological polar surface area (TPSA) is 37.3 Å². The summed E-state index contributed by atoms with van der Waals surface area (Å²) in [6.45, 7) is 1.80. The monoisotopic (exact) mass is 176 g/mol. The van der Waals surface area contributed by atoms with Crippen molar-refractivity contribution in [3.05, 3.63) is 35.9 Å². The van der Waals surface area contributed by atoms with Crippen molar-refractivity contribution in [2.24, 2.45) is 0 Å². The fourth-order valence-electron chi connectivity index (χ4n) is 0.929. The van der Waals surface area contributed by atoms with Crippen molar-refractivity contribution >= 4 is 11.9 Å². The van der Waals surface area contributed by atoms with Crippen LogP contribution < -0.4 is 0 Å². The number of carbonyl (C=O) groups is 1. The Morgan fingerprint density at radius 2 is 2.15 bits per heavy atom. The number of hydrogen-bond donors (Lipinski definition) is 1. The Morgan fingerprint density at radius 1 is 1.46 bits per heavy atom. The summed E-state index contributed by atoms with van der Waals surface area (Å²) in [5.41, 5.74) is 0.671. The Morgan fingerprint density at radius 3 is 2.77 bits per heavy atom. The summed E-state index contributed by atoms with van der Waals surface area (Å²) < 4.78 is 0. The molecule has 0 unspecified atom stereocenters. The van der Waals surface area contributed by atoms with Gasteiger partial charge >= 0.3 is 0 Å². The predicted octanol–water partition coefficient (Wildman–Crippen LogP) is 2.38. The number of rotatable bonds is 3. The van der Waals surface area contributed by atoms with E-state index in [9.17, 15) is 9.90 Å². The number of phenols is 1. The van der Waals surface area contributed by atoms with Gasteiger partial charge in [0.25, 0.3) is 0 Å². The van der Waals surface area contributed by atoms with Gasteiger partial charge in [0, 0.05) is 12.0 Å². The number of aromatic hydroxyl groups is 1. The van der Waals surface area contributed by atoms with Gasteiger partial charge in [0.05, 0.1) is 0 Å². The maximum atomic E-state index is 10.9. The van der Waals surface area contributed by atoms with Gasteiger partial charge in [-0.25, -0.2) is 0 Å². The molecule has 1 aromatic rings. The van der Waals surface area contributed by atoms with Crippen molar-refractivity contribution in [1.29, 1.82) is 0 Å². The minimum Gasteiger partial charge on any atom is -0.507 e. The summed E-state index contributed by atoms with van der Waals surface area (Å²) >= 11 is 0. The highest BCUT2D eigenvalue weighted by Gasteiger charge is 1.95. The average molecular weight is 176 g/mol. The largest absolute Gasteiger partial charge is 0.507 e. The van der Waals surface area contributed by atoms with E-state index in [4.69, 9.17) is 0 Å². The maximum Gasteiger partial charge on any atom is 0.155 e. The lowest BCUT2D eigenvalue weighted by molar-refractivity contribution is -0.114. The van der Waals surface area contributed by atoms with Crippen LogP contribution in [0.1, 0.15) is 18.9 Å². The van der Waals surface area contributed by atoms with E-state index in [-0.39, 0.29) is 11.5 Å². The molecule has 0 heterocycles. The summed E-state index contributed by atoms with van der Waals surface area (Å²) in [6, 6.07) is 6.91. The molecule has 0 aliphatic rings. The lowest BCUT2D eigenvalue weighted by Gasteiger charge is -1.95. The van der Waals surface area contributed by atoms with Gasteiger partial charge in [0.15, 0.2) is 5.78 Å². The summed E-state index contributed by atoms with van der Waals surface area (Å²) in [7, 11) is 0. The second-order valence-corrected chi connectivity index (χ2v) is 2.71. The Hall–Kier alpha value is -1.57. The molecule has 68 valence electrons. The Labute approximate surface area is 77.5 Å². The van der Waals surface area contributed by atoms with Crippen LogP contribution >= 0.6 is 0 Å². The fourth-order valence-corrected chi connectivity index (χ4v) is 0.929. The van der Waals surface area contributed by atoms with Crippen LogP contribution in [-0.4, -0.2) is 10.9 Å². The molecule has 0 aliphatic carbocycles. The molecule has 0 bridgehead atoms. The summed E-state index contributed by atoms with van der Waals surface area (Å²) in [5.74, 6) is 0.255. The van der Waals surface area contributed by atoms with Crippen molar-refractivity contribution in [2.45, 2.75) is 13.3 Å². The predicted molar refractivity (Wildman–Crippen MR) is 52.4 cm³/mol. The maximum absolute atomic E-state index is 10.9. The first kappa shape index (κ1) is 9.52. The molecule has 0 fully saturated rings. The lowest BCUT2D eigenvalue weighted by atomic mass is 10.1. The third-order valence-electron chi connectivity index (χ3n) is 1.73. The molecule has 0 aliphatic heterocycles. The number of phenolic OH excluding ortho intramolecular Hbond substituents is 1. The molecule has 1 rings (SSSR count). The fraction of sp³-hybridized carbons (Fsp3) is 0.182. The van der Waals surface area contributed by atoms with Gasteiger partial charge in [-0.15, -0.1) is 0 Å². The molecule has 2 nitrogen and oxygen atoms in total. The molecule has 0 atom stereocenters. The highest BCUT2D eigenvalue weighted by Crippen LogP contribution is 2.16. The van der Waals surface area contributed by atoms with Crippen molar-refractivity contribution < 1.29 is 9.90 Å². The molecule has 2 heteroatoms. The van der Waals surface area contributed by atoms with Crippen LogP contribution in [0.5, 0.6) is 5.75 Å². The lowest BCUT2D eigenvalue weighted by Crippen LogP contribution is -1.86. The number of hydrogen-bond acceptors (Lipinski definition) is 2. The summed E-state index contributed by atoms with van der Waals surface area (Å²) in [4.78, 5) is 10.9. The number of benzene rings is 1. The van der Waals surface area contributed by atoms with Gasteiger partial charge in [-0.1, -0.05) is 25.1 Å². The number of ketones is 1. The molecule has 1 N–H and O–H groups in total. The Bertz CT molecular complexity index is 327. The molecular formula is C11H12O2. The zero-order valence-corrected chi connectivity index (χ0v) is 7.53. The third-order valence-corrected chi connectivity index (χ3v) is 1.73. The normalized spacial score (nSPS) is 10.5. The molecule has 0 radical (unpaired) electrons. The Balaban J connectivity index is 2.80. The van der Waals surface area contributed by atoms with Crippen LogP contribution in [0.25, 0.3) is 6.08 Å². The van der Waals surface area contributed by atoms with Crippen LogP contribution in [-0.2, 0) is 4.79 Å². The van der Waals surface area contributed by atoms with Gasteiger partial charge in [0.2, 0.25) is 0 Å². The minimum absolute atomic E-state index is 0.0586. The van der Waals surface area contributed by atoms with E-state index in [2.05, 4.69) is 0 Å². The summed E-state index contributed by atoms with van der Waals surface area (Å²) in [6.07, 6.45) is 3.60. The van der Waals surface area contributed by atoms with Crippen LogP contribution in [0, 0.1) is 0 Å². The molecule has 0 amide bonds. The van der Waals surface area contributed by atoms with Crippen molar-refractivity contribution in [2.75, 3.05) is 0 Å². The van der Waals surface area contributed by atoms with Crippen LogP contribution in [0.4, 0.5) is 0 Å². The van der Waals surface area contributed by atoms with Gasteiger partial charge < -0.3 is 5.11 Å². The van der Waals surface area contributed by atoms with Crippen LogP contribution in [0.2, 0.25) is 0 Å². The highest BCUT2D eigenvalue weighted by molar-refractivity contribution is 5.93. The molecule has 0 aromatic heterocycles. The van der Waals surface area contributed by atoms with Crippen molar-refractivity contribution in [3.63, 3.8) is 0 Å². The highest BCUT2D eigenvalue weighted by atomic mass is 16.3. The molecule has 0 spiro atoms. The van der Waals surface area contributed by atoms with E-state index in [0.717, 1.165) is 0 Å². The quantitative estimate of drug-likeness (QED) is 0.718. The van der Waals surface area contributed by atoms with E-state index in [1.54, 1.807) is 31.2 Å². The Kier molecular flexibility index (Phi) is 3.26. The zero-order chi connectivity index (χ0) is 9.68. The van der Waals surface area contributed by atoms with Crippen molar-refractivity contribution in [1.82, 2.24) is 0 Å². The van der Waals surface area contributed by atoms with E-state index in [1.165, 1.54) is 6.08 Å². The SMILES string of the molecule is CCC(=O)/C=C/c1ccccc1O. The van der Waals surface area contributed by atoms with Gasteiger partial charge in [-0.2, -0.15) is 0 Å². The molecular weight excluding hydrogens is 164 g/mol. The van der Waals surface area contributed by atoms with E-state index in [0.29, 0.717) is 12.0 Å². The smallest absolute Gasteiger partial charge is 0.155 e. The van der Waals surface area contributed by atoms with Gasteiger partial charge in [0.1, 0.15) is 5.75 Å². The average Bonchev–Trinajstić information content (AvgIpc) is 2.16. The first-order valence-corrected chi connectivity index (χ1v) is 4.23. The second-order valence-electron chi connectivity index (χ2n) is 2.71. The van der Waals surface area contributed by atoms with E-state index in [1.807, 2.05) is 6.07 Å². The number of carbonyl (C=O) groups excluding carboxylic acids is 1. The van der Waals surface area contributed by atoms with E-state index >= 15 is 0 Å². The summed E-state index contributed by atoms with van der Waals surface area (Å²) in [5, 5.41) is 9.33. The minimum atomic E-state index is 0.0586. The van der Waals surface area contributed by atoms with E-state index < -0.39 is 0 Å². The molecule has 13 heavy (non-hydrogen) atoms. The standard InChI is InChI=1S/C11H12O2/c1-2-10(12)8-7-9-5-3-4-6-11(9)13/h3-8,13H,2H2,1H3/b8-7+. The molecule has 0 saturated carbocycles. The number of para-hydroxylation sites is 1. The first-order chi connectivity index (χ1) is 6.24. The molecule has 0 saturated heterocycles. The first-order valence-electron chi connectivity index (χ1n) is 4.23. The van der Waals surface area contributed by atoms with Crippen LogP contribution in [0.15, 0.2) is 30.3 Å². The second kappa shape index (κ2) is 4.45.